The van der Waals surface area contributed by atoms with Gasteiger partial charge in [-0.15, -0.1) is 0 Å². The standard InChI is InChI=1S/C24H22N4O3S/c1-4-11-31-16-7-5-15(6-8-16)18-13-21(29)26-23-22(18)14(2)27-28(23)24-25-19-10-9-17(30-3)12-20(19)32-24/h4-10,12,18H,1,11,13H2,2-3H3,(H,26,29). The molecule has 0 saturated carbocycles. The van der Waals surface area contributed by atoms with E-state index in [1.165, 1.54) is 11.3 Å². The maximum atomic E-state index is 12.6. The lowest BCUT2D eigenvalue weighted by molar-refractivity contribution is -0.116. The molecule has 1 aliphatic heterocycles. The van der Waals surface area contributed by atoms with E-state index in [9.17, 15) is 4.79 Å². The molecule has 1 unspecified atom stereocenters. The number of thiazole rings is 1. The summed E-state index contributed by atoms with van der Waals surface area (Å²) in [5, 5.41) is 8.47. The van der Waals surface area contributed by atoms with E-state index >= 15 is 0 Å². The molecule has 0 radical (unpaired) electrons. The van der Waals surface area contributed by atoms with Crippen LogP contribution in [-0.4, -0.2) is 34.4 Å². The van der Waals surface area contributed by atoms with Gasteiger partial charge in [-0.2, -0.15) is 9.78 Å². The van der Waals surface area contributed by atoms with Crippen LogP contribution in [0.25, 0.3) is 15.3 Å². The molecule has 7 nitrogen and oxygen atoms in total. The second-order valence-electron chi connectivity index (χ2n) is 7.56. The molecule has 32 heavy (non-hydrogen) atoms. The lowest BCUT2D eigenvalue weighted by atomic mass is 9.86. The fraction of sp³-hybridized carbons (Fsp3) is 0.208. The Morgan fingerprint density at radius 1 is 1.25 bits per heavy atom. The number of aromatic nitrogens is 3. The zero-order valence-corrected chi connectivity index (χ0v) is 18.6. The number of fused-ring (bicyclic) bond motifs is 2. The van der Waals surface area contributed by atoms with Gasteiger partial charge in [-0.05, 0) is 42.8 Å². The molecule has 0 bridgehead atoms. The minimum atomic E-state index is -0.0876. The Morgan fingerprint density at radius 3 is 2.78 bits per heavy atom. The van der Waals surface area contributed by atoms with Crippen LogP contribution >= 0.6 is 11.3 Å². The third kappa shape index (κ3) is 3.52. The number of hydrogen-bond donors (Lipinski definition) is 1. The van der Waals surface area contributed by atoms with Crippen molar-refractivity contribution in [2.75, 3.05) is 19.0 Å². The number of amides is 1. The molecular formula is C24H22N4O3S. The van der Waals surface area contributed by atoms with Gasteiger partial charge >= 0.3 is 0 Å². The molecule has 1 N–H and O–H groups in total. The van der Waals surface area contributed by atoms with Gasteiger partial charge in [0.2, 0.25) is 11.0 Å². The van der Waals surface area contributed by atoms with Gasteiger partial charge in [0.25, 0.3) is 0 Å². The summed E-state index contributed by atoms with van der Waals surface area (Å²) in [6, 6.07) is 13.6. The van der Waals surface area contributed by atoms with E-state index < -0.39 is 0 Å². The quantitative estimate of drug-likeness (QED) is 0.429. The maximum Gasteiger partial charge on any atom is 0.226 e. The number of hydrogen-bond acceptors (Lipinski definition) is 6. The number of nitrogens with one attached hydrogen (secondary N) is 1. The van der Waals surface area contributed by atoms with Gasteiger partial charge in [0.15, 0.2) is 0 Å². The van der Waals surface area contributed by atoms with Gasteiger partial charge in [0, 0.05) is 17.9 Å². The number of carbonyl (C=O) groups excluding carboxylic acids is 1. The van der Waals surface area contributed by atoms with Crippen molar-refractivity contribution < 1.29 is 14.3 Å². The summed E-state index contributed by atoms with van der Waals surface area (Å²) in [6.07, 6.45) is 2.07. The molecule has 8 heteroatoms. The monoisotopic (exact) mass is 446 g/mol. The molecule has 0 aliphatic carbocycles. The zero-order chi connectivity index (χ0) is 22.2. The normalized spacial score (nSPS) is 15.3. The average Bonchev–Trinajstić information content (AvgIpc) is 3.37. The SMILES string of the molecule is C=CCOc1ccc(C2CC(=O)Nc3c2c(C)nn3-c2nc3ccc(OC)cc3s2)cc1. The van der Waals surface area contributed by atoms with Gasteiger partial charge in [-0.1, -0.05) is 36.1 Å². The highest BCUT2D eigenvalue weighted by atomic mass is 32.1. The van der Waals surface area contributed by atoms with Gasteiger partial charge < -0.3 is 14.8 Å². The molecular weight excluding hydrogens is 424 g/mol. The van der Waals surface area contributed by atoms with Gasteiger partial charge in [-0.3, -0.25) is 4.79 Å². The van der Waals surface area contributed by atoms with Crippen molar-refractivity contribution in [2.45, 2.75) is 19.3 Å². The molecule has 2 aromatic carbocycles. The Hall–Kier alpha value is -3.65. The van der Waals surface area contributed by atoms with E-state index in [4.69, 9.17) is 19.6 Å². The number of carbonyl (C=O) groups is 1. The molecule has 0 saturated heterocycles. The lowest BCUT2D eigenvalue weighted by Crippen LogP contribution is -2.24. The minimum Gasteiger partial charge on any atom is -0.497 e. The Balaban J connectivity index is 1.55. The van der Waals surface area contributed by atoms with Crippen LogP contribution in [0.1, 0.15) is 29.2 Å². The first-order chi connectivity index (χ1) is 15.6. The number of ether oxygens (including phenoxy) is 2. The van der Waals surface area contributed by atoms with Crippen LogP contribution in [0, 0.1) is 6.92 Å². The molecule has 0 fully saturated rings. The van der Waals surface area contributed by atoms with E-state index in [-0.39, 0.29) is 11.8 Å². The third-order valence-corrected chi connectivity index (χ3v) is 6.51. The summed E-state index contributed by atoms with van der Waals surface area (Å²) in [4.78, 5) is 17.4. The summed E-state index contributed by atoms with van der Waals surface area (Å²) in [5.41, 5.74) is 3.79. The second kappa shape index (κ2) is 8.12. The van der Waals surface area contributed by atoms with E-state index in [1.54, 1.807) is 17.9 Å². The molecule has 4 aromatic rings. The number of benzene rings is 2. The van der Waals surface area contributed by atoms with E-state index in [2.05, 4.69) is 11.9 Å². The van der Waals surface area contributed by atoms with E-state index in [1.807, 2.05) is 49.4 Å². The number of methoxy groups -OCH3 is 1. The summed E-state index contributed by atoms with van der Waals surface area (Å²) in [6.45, 7) is 6.09. The Bertz CT molecular complexity index is 1320. The van der Waals surface area contributed by atoms with Crippen molar-refractivity contribution in [3.8, 4) is 16.6 Å². The van der Waals surface area contributed by atoms with Gasteiger partial charge in [0.1, 0.15) is 23.9 Å². The second-order valence-corrected chi connectivity index (χ2v) is 8.57. The number of nitrogens with zero attached hydrogens (tertiary/aromatic N) is 3. The predicted octanol–water partition coefficient (Wildman–Crippen LogP) is 4.84. The van der Waals surface area contributed by atoms with Crippen molar-refractivity contribution in [1.82, 2.24) is 14.8 Å². The highest BCUT2D eigenvalue weighted by molar-refractivity contribution is 7.20. The van der Waals surface area contributed by atoms with Crippen LogP contribution in [0.5, 0.6) is 11.5 Å². The highest BCUT2D eigenvalue weighted by Gasteiger charge is 2.33. The van der Waals surface area contributed by atoms with Gasteiger partial charge in [0.05, 0.1) is 23.0 Å². The van der Waals surface area contributed by atoms with Crippen LogP contribution in [0.4, 0.5) is 5.82 Å². The van der Waals surface area contributed by atoms with Gasteiger partial charge in [-0.25, -0.2) is 4.98 Å². The fourth-order valence-corrected chi connectivity index (χ4v) is 4.98. The van der Waals surface area contributed by atoms with Crippen molar-refractivity contribution >= 4 is 33.3 Å². The third-order valence-electron chi connectivity index (χ3n) is 5.52. The smallest absolute Gasteiger partial charge is 0.226 e. The van der Waals surface area contributed by atoms with Crippen molar-refractivity contribution in [1.29, 1.82) is 0 Å². The summed E-state index contributed by atoms with van der Waals surface area (Å²) >= 11 is 1.51. The first kappa shape index (κ1) is 20.3. The highest BCUT2D eigenvalue weighted by Crippen LogP contribution is 2.41. The van der Waals surface area contributed by atoms with E-state index in [0.29, 0.717) is 24.0 Å². The largest absolute Gasteiger partial charge is 0.497 e. The molecule has 1 amide bonds. The predicted molar refractivity (Wildman–Crippen MR) is 125 cm³/mol. The lowest BCUT2D eigenvalue weighted by Gasteiger charge is -2.24. The summed E-state index contributed by atoms with van der Waals surface area (Å²) in [5.74, 6) is 2.10. The Labute approximate surface area is 189 Å². The van der Waals surface area contributed by atoms with Crippen LogP contribution in [-0.2, 0) is 4.79 Å². The molecule has 162 valence electrons. The summed E-state index contributed by atoms with van der Waals surface area (Å²) < 4.78 is 13.7. The van der Waals surface area contributed by atoms with Crippen molar-refractivity contribution in [3.05, 3.63) is 71.9 Å². The van der Waals surface area contributed by atoms with Crippen LogP contribution < -0.4 is 14.8 Å². The fourth-order valence-electron chi connectivity index (χ4n) is 4.03. The Morgan fingerprint density at radius 2 is 2.03 bits per heavy atom. The van der Waals surface area contributed by atoms with Crippen LogP contribution in [0.2, 0.25) is 0 Å². The molecule has 3 heterocycles. The first-order valence-corrected chi connectivity index (χ1v) is 11.1. The number of anilines is 1. The van der Waals surface area contributed by atoms with Crippen LogP contribution in [0.3, 0.4) is 0 Å². The molecule has 1 aliphatic rings. The molecule has 1 atom stereocenters. The van der Waals surface area contributed by atoms with Crippen LogP contribution in [0.15, 0.2) is 55.1 Å². The first-order valence-electron chi connectivity index (χ1n) is 10.3. The molecule has 0 spiro atoms. The van der Waals surface area contributed by atoms with Crippen molar-refractivity contribution in [3.63, 3.8) is 0 Å². The average molecular weight is 447 g/mol. The molecule has 5 rings (SSSR count). The topological polar surface area (TPSA) is 78.3 Å². The zero-order valence-electron chi connectivity index (χ0n) is 17.8. The summed E-state index contributed by atoms with van der Waals surface area (Å²) in [7, 11) is 1.64. The minimum absolute atomic E-state index is 0.0431. The maximum absolute atomic E-state index is 12.6. The van der Waals surface area contributed by atoms with Crippen molar-refractivity contribution in [2.24, 2.45) is 0 Å². The Kier molecular flexibility index (Phi) is 5.14. The number of aryl methyl sites for hydroxylation is 1. The number of rotatable bonds is 6. The van der Waals surface area contributed by atoms with E-state index in [0.717, 1.165) is 38.5 Å². The molecule has 2 aromatic heterocycles.